The molecule has 0 bridgehead atoms. The van der Waals surface area contributed by atoms with Crippen LogP contribution in [0.1, 0.15) is 60.0 Å². The number of benzene rings is 1. The van der Waals surface area contributed by atoms with Crippen molar-refractivity contribution in [3.63, 3.8) is 0 Å². The van der Waals surface area contributed by atoms with E-state index in [1.165, 1.54) is 6.07 Å². The molecule has 1 saturated heterocycles. The van der Waals surface area contributed by atoms with Crippen molar-refractivity contribution in [2.24, 2.45) is 5.92 Å². The predicted octanol–water partition coefficient (Wildman–Crippen LogP) is 4.33. The fraction of sp³-hybridized carbons (Fsp3) is 0.400. The summed E-state index contributed by atoms with van der Waals surface area (Å²) < 4.78 is 0. The molecule has 0 amide bonds. The zero-order chi connectivity index (χ0) is 25.3. The maximum Gasteiger partial charge on any atom is 0.356 e. The van der Waals surface area contributed by atoms with Gasteiger partial charge in [0.15, 0.2) is 17.2 Å². The Balaban J connectivity index is 1.74. The van der Waals surface area contributed by atoms with Crippen LogP contribution in [0.4, 0.5) is 11.5 Å². The quantitative estimate of drug-likeness (QED) is 0.428. The molecule has 4 rings (SSSR count). The number of aliphatic hydroxyl groups excluding tert-OH is 1. The fourth-order valence-corrected chi connectivity index (χ4v) is 4.72. The number of pyridine rings is 1. The Labute approximate surface area is 208 Å². The maximum absolute atomic E-state index is 11.7. The first kappa shape index (κ1) is 24.6. The minimum atomic E-state index is -1.18. The summed E-state index contributed by atoms with van der Waals surface area (Å²) in [6.07, 6.45) is 1.25. The molecule has 0 aliphatic carbocycles. The third kappa shape index (κ3) is 5.14. The van der Waals surface area contributed by atoms with E-state index in [4.69, 9.17) is 16.6 Å². The molecule has 0 radical (unpaired) electrons. The van der Waals surface area contributed by atoms with E-state index in [9.17, 15) is 20.3 Å². The topological polar surface area (TPSA) is 135 Å². The second-order valence-electron chi connectivity index (χ2n) is 9.00. The van der Waals surface area contributed by atoms with Crippen molar-refractivity contribution >= 4 is 40.1 Å². The average Bonchev–Trinajstić information content (AvgIpc) is 2.83. The Kier molecular flexibility index (Phi) is 7.05. The summed E-state index contributed by atoms with van der Waals surface area (Å²) in [4.78, 5) is 27.2. The van der Waals surface area contributed by atoms with Gasteiger partial charge in [-0.25, -0.2) is 19.7 Å². The van der Waals surface area contributed by atoms with Crippen LogP contribution in [-0.2, 0) is 0 Å². The number of rotatable bonds is 6. The summed E-state index contributed by atoms with van der Waals surface area (Å²) in [5.41, 5.74) is 3.44. The van der Waals surface area contributed by atoms with Crippen molar-refractivity contribution in [2.75, 3.05) is 23.3 Å². The first-order valence-corrected chi connectivity index (χ1v) is 11.9. The molecule has 0 unspecified atom stereocenters. The van der Waals surface area contributed by atoms with Gasteiger partial charge in [-0.1, -0.05) is 17.7 Å². The lowest BCUT2D eigenvalue weighted by Gasteiger charge is -2.34. The van der Waals surface area contributed by atoms with Gasteiger partial charge in [0.05, 0.1) is 28.9 Å². The molecule has 3 heterocycles. The van der Waals surface area contributed by atoms with E-state index < -0.39 is 5.97 Å². The number of aromatic nitrogens is 3. The highest BCUT2D eigenvalue weighted by molar-refractivity contribution is 6.29. The van der Waals surface area contributed by atoms with Crippen LogP contribution in [0.2, 0.25) is 5.15 Å². The number of nitrogens with zero attached hydrogens (tertiary/aromatic N) is 5. The van der Waals surface area contributed by atoms with Gasteiger partial charge in [-0.15, -0.1) is 0 Å². The third-order valence-electron chi connectivity index (χ3n) is 6.46. The van der Waals surface area contributed by atoms with Gasteiger partial charge >= 0.3 is 5.97 Å². The molecule has 1 aliphatic heterocycles. The van der Waals surface area contributed by atoms with E-state index in [0.29, 0.717) is 35.6 Å². The molecule has 0 spiro atoms. The molecule has 1 aliphatic rings. The van der Waals surface area contributed by atoms with Gasteiger partial charge in [0.2, 0.25) is 0 Å². The highest BCUT2D eigenvalue weighted by Gasteiger charge is 2.26. The van der Waals surface area contributed by atoms with Crippen LogP contribution < -0.4 is 10.2 Å². The van der Waals surface area contributed by atoms with Gasteiger partial charge in [-0.05, 0) is 63.3 Å². The van der Waals surface area contributed by atoms with Crippen molar-refractivity contribution in [3.05, 3.63) is 51.9 Å². The number of anilines is 2. The van der Waals surface area contributed by atoms with Crippen molar-refractivity contribution in [3.8, 4) is 6.07 Å². The van der Waals surface area contributed by atoms with E-state index >= 15 is 0 Å². The van der Waals surface area contributed by atoms with Crippen LogP contribution in [-0.4, -0.2) is 50.3 Å². The van der Waals surface area contributed by atoms with Gasteiger partial charge in [0.1, 0.15) is 11.2 Å². The van der Waals surface area contributed by atoms with Gasteiger partial charge in [-0.3, -0.25) is 0 Å². The Morgan fingerprint density at radius 1 is 1.23 bits per heavy atom. The lowest BCUT2D eigenvalue weighted by Crippen LogP contribution is -2.38. The average molecular weight is 495 g/mol. The summed E-state index contributed by atoms with van der Waals surface area (Å²) in [6, 6.07) is 8.83. The van der Waals surface area contributed by atoms with Gasteiger partial charge in [-0.2, -0.15) is 5.26 Å². The van der Waals surface area contributed by atoms with Crippen LogP contribution in [0.5, 0.6) is 0 Å². The zero-order valence-corrected chi connectivity index (χ0v) is 20.5. The minimum Gasteiger partial charge on any atom is -0.476 e. The van der Waals surface area contributed by atoms with Crippen LogP contribution in [0, 0.1) is 24.2 Å². The number of hydrogen-bond acceptors (Lipinski definition) is 8. The lowest BCUT2D eigenvalue weighted by atomic mass is 9.92. The Hall–Kier alpha value is -3.48. The number of nitriles is 1. The molecule has 3 aromatic rings. The van der Waals surface area contributed by atoms with Crippen molar-refractivity contribution in [1.29, 1.82) is 5.26 Å². The number of nitrogens with one attached hydrogen (secondary N) is 1. The molecule has 10 heteroatoms. The second-order valence-corrected chi connectivity index (χ2v) is 9.38. The highest BCUT2D eigenvalue weighted by atomic mass is 35.5. The van der Waals surface area contributed by atoms with E-state index in [-0.39, 0.29) is 34.6 Å². The van der Waals surface area contributed by atoms with Crippen molar-refractivity contribution in [1.82, 2.24) is 15.0 Å². The van der Waals surface area contributed by atoms with Crippen LogP contribution in [0.3, 0.4) is 0 Å². The largest absolute Gasteiger partial charge is 0.476 e. The number of fused-ring (bicyclic) bond motifs is 1. The smallest absolute Gasteiger partial charge is 0.356 e. The predicted molar refractivity (Wildman–Crippen MR) is 134 cm³/mol. The van der Waals surface area contributed by atoms with Crippen LogP contribution in [0.25, 0.3) is 11.0 Å². The normalized spacial score (nSPS) is 16.1. The molecule has 9 nitrogen and oxygen atoms in total. The Bertz CT molecular complexity index is 1310. The molecule has 182 valence electrons. The Morgan fingerprint density at radius 2 is 1.94 bits per heavy atom. The Morgan fingerprint density at radius 3 is 2.57 bits per heavy atom. The monoisotopic (exact) mass is 494 g/mol. The van der Waals surface area contributed by atoms with E-state index in [0.717, 1.165) is 24.0 Å². The lowest BCUT2D eigenvalue weighted by molar-refractivity contribution is 0.0691. The van der Waals surface area contributed by atoms with Gasteiger partial charge in [0.25, 0.3) is 0 Å². The molecular weight excluding hydrogens is 468 g/mol. The van der Waals surface area contributed by atoms with Crippen molar-refractivity contribution in [2.45, 2.75) is 45.8 Å². The number of piperidine rings is 1. The number of aliphatic hydroxyl groups is 1. The number of hydrogen-bond donors (Lipinski definition) is 3. The van der Waals surface area contributed by atoms with Crippen LogP contribution >= 0.6 is 11.6 Å². The van der Waals surface area contributed by atoms with E-state index in [1.807, 2.05) is 32.9 Å². The van der Waals surface area contributed by atoms with Crippen molar-refractivity contribution < 1.29 is 15.0 Å². The molecule has 0 saturated carbocycles. The molecule has 3 N–H and O–H groups in total. The molecule has 35 heavy (non-hydrogen) atoms. The number of aryl methyl sites for hydroxylation is 1. The number of carboxylic acid groups (broad SMARTS) is 1. The molecule has 1 fully saturated rings. The minimum absolute atomic E-state index is 0.0977. The number of halogens is 1. The number of carbonyl (C=O) groups is 1. The van der Waals surface area contributed by atoms with E-state index in [1.54, 1.807) is 6.07 Å². The summed E-state index contributed by atoms with van der Waals surface area (Å²) in [5.74, 6) is -0.428. The first-order chi connectivity index (χ1) is 16.7. The van der Waals surface area contributed by atoms with Gasteiger partial charge in [0, 0.05) is 18.7 Å². The van der Waals surface area contributed by atoms with E-state index in [2.05, 4.69) is 26.3 Å². The summed E-state index contributed by atoms with van der Waals surface area (Å²) in [5, 5.41) is 32.6. The standard InChI is InChI=1S/C25H27ClN6O3/c1-13-10-17(14(2)28-18-4-5-21(26)30-23(18)25(34)35)22-19(11-13)29-20(12-27)24(31-22)32-8-6-16(7-9-32)15(3)33/h4-5,10-11,14-16,28,33H,6-9H2,1-3H3,(H,34,35)/t14-,15-/m1/s1. The second kappa shape index (κ2) is 10.0. The summed E-state index contributed by atoms with van der Waals surface area (Å²) >= 11 is 5.89. The number of carboxylic acids is 1. The first-order valence-electron chi connectivity index (χ1n) is 11.5. The van der Waals surface area contributed by atoms with Gasteiger partial charge < -0.3 is 20.4 Å². The highest BCUT2D eigenvalue weighted by Crippen LogP contribution is 2.32. The third-order valence-corrected chi connectivity index (χ3v) is 6.67. The number of aromatic carboxylic acids is 1. The zero-order valence-electron chi connectivity index (χ0n) is 19.8. The van der Waals surface area contributed by atoms with Crippen LogP contribution in [0.15, 0.2) is 24.3 Å². The summed E-state index contributed by atoms with van der Waals surface area (Å²) in [7, 11) is 0. The maximum atomic E-state index is 11.7. The molecular formula is C25H27ClN6O3. The molecule has 2 aromatic heterocycles. The SMILES string of the molecule is Cc1cc([C@@H](C)Nc2ccc(Cl)nc2C(=O)O)c2nc(N3CCC([C@@H](C)O)CC3)c(C#N)nc2c1. The fourth-order valence-electron chi connectivity index (χ4n) is 4.57. The molecule has 1 aromatic carbocycles. The molecule has 2 atom stereocenters. The summed E-state index contributed by atoms with van der Waals surface area (Å²) in [6.45, 7) is 7.01.